The maximum atomic E-state index is 13.1. The van der Waals surface area contributed by atoms with Crippen molar-refractivity contribution in [3.63, 3.8) is 0 Å². The average molecular weight is 336 g/mol. The van der Waals surface area contributed by atoms with Crippen LogP contribution < -0.4 is 15.5 Å². The minimum atomic E-state index is -0.476. The zero-order valence-electron chi connectivity index (χ0n) is 13.1. The Morgan fingerprint density at radius 1 is 1.26 bits per heavy atom. The zero-order valence-corrected chi connectivity index (χ0v) is 13.8. The van der Waals surface area contributed by atoms with Crippen molar-refractivity contribution in [2.24, 2.45) is 0 Å². The van der Waals surface area contributed by atoms with E-state index in [1.54, 1.807) is 6.07 Å². The maximum absolute atomic E-state index is 13.1. The molecule has 0 aliphatic rings. The van der Waals surface area contributed by atoms with Crippen molar-refractivity contribution in [1.29, 1.82) is 0 Å². The molecule has 122 valence electrons. The van der Waals surface area contributed by atoms with Crippen molar-refractivity contribution in [2.75, 3.05) is 23.8 Å². The Balaban J connectivity index is 1.98. The van der Waals surface area contributed by atoms with E-state index >= 15 is 0 Å². The number of nitrogens with zero attached hydrogens (tertiary/aromatic N) is 1. The van der Waals surface area contributed by atoms with Crippen LogP contribution in [0.25, 0.3) is 0 Å². The minimum absolute atomic E-state index is 0.0413. The van der Waals surface area contributed by atoms with Crippen molar-refractivity contribution in [1.82, 2.24) is 5.32 Å². The molecule has 0 radical (unpaired) electrons. The first-order chi connectivity index (χ1) is 11.0. The number of anilines is 2. The number of para-hydroxylation sites is 2. The standard InChI is InChI=1S/C17H19ClFN3O/c1-3-22(2)16-7-5-4-6-15(16)21-17(23)20-11-12-8-9-14(19)13(18)10-12/h4-10H,3,11H2,1-2H3,(H2,20,21,23). The van der Waals surface area contributed by atoms with Gasteiger partial charge in [0.1, 0.15) is 5.82 Å². The van der Waals surface area contributed by atoms with E-state index in [2.05, 4.69) is 10.6 Å². The lowest BCUT2D eigenvalue weighted by molar-refractivity contribution is 0.251. The summed E-state index contributed by atoms with van der Waals surface area (Å²) in [6.07, 6.45) is 0. The second-order valence-electron chi connectivity index (χ2n) is 5.09. The molecule has 6 heteroatoms. The summed E-state index contributed by atoms with van der Waals surface area (Å²) >= 11 is 5.72. The molecule has 4 nitrogen and oxygen atoms in total. The van der Waals surface area contributed by atoms with Gasteiger partial charge in [-0.1, -0.05) is 29.8 Å². The van der Waals surface area contributed by atoms with E-state index in [-0.39, 0.29) is 17.6 Å². The van der Waals surface area contributed by atoms with E-state index in [1.807, 2.05) is 43.1 Å². The van der Waals surface area contributed by atoms with Gasteiger partial charge in [-0.2, -0.15) is 0 Å². The molecule has 0 unspecified atom stereocenters. The summed E-state index contributed by atoms with van der Waals surface area (Å²) in [5, 5.41) is 5.59. The van der Waals surface area contributed by atoms with Crippen molar-refractivity contribution >= 4 is 29.0 Å². The Kier molecular flexibility index (Phi) is 5.82. The SMILES string of the molecule is CCN(C)c1ccccc1NC(=O)NCc1ccc(F)c(Cl)c1. The van der Waals surface area contributed by atoms with E-state index < -0.39 is 5.82 Å². The number of benzene rings is 2. The van der Waals surface area contributed by atoms with Gasteiger partial charge in [0.2, 0.25) is 0 Å². The van der Waals surface area contributed by atoms with Gasteiger partial charge in [-0.3, -0.25) is 0 Å². The maximum Gasteiger partial charge on any atom is 0.319 e. The van der Waals surface area contributed by atoms with Crippen LogP contribution in [0.4, 0.5) is 20.6 Å². The molecule has 0 bridgehead atoms. The fourth-order valence-electron chi connectivity index (χ4n) is 2.08. The first-order valence-corrected chi connectivity index (χ1v) is 7.68. The largest absolute Gasteiger partial charge is 0.373 e. The molecular weight excluding hydrogens is 317 g/mol. The molecule has 0 fully saturated rings. The number of nitrogens with one attached hydrogen (secondary N) is 2. The van der Waals surface area contributed by atoms with Crippen LogP contribution in [0.5, 0.6) is 0 Å². The third-order valence-electron chi connectivity index (χ3n) is 3.47. The third-order valence-corrected chi connectivity index (χ3v) is 3.76. The third kappa shape index (κ3) is 4.60. The van der Waals surface area contributed by atoms with E-state index in [0.717, 1.165) is 23.5 Å². The fourth-order valence-corrected chi connectivity index (χ4v) is 2.28. The van der Waals surface area contributed by atoms with Crippen molar-refractivity contribution in [3.05, 3.63) is 58.9 Å². The van der Waals surface area contributed by atoms with E-state index in [0.29, 0.717) is 0 Å². The first kappa shape index (κ1) is 17.1. The molecule has 2 N–H and O–H groups in total. The van der Waals surface area contributed by atoms with Crippen LogP contribution in [0.15, 0.2) is 42.5 Å². The van der Waals surface area contributed by atoms with Gasteiger partial charge in [0.15, 0.2) is 0 Å². The van der Waals surface area contributed by atoms with Gasteiger partial charge in [-0.15, -0.1) is 0 Å². The predicted molar refractivity (Wildman–Crippen MR) is 92.7 cm³/mol. The quantitative estimate of drug-likeness (QED) is 0.857. The summed E-state index contributed by atoms with van der Waals surface area (Å²) in [6, 6.07) is 11.6. The molecule has 0 atom stereocenters. The van der Waals surface area contributed by atoms with E-state index in [4.69, 9.17) is 11.6 Å². The van der Waals surface area contributed by atoms with Crippen molar-refractivity contribution < 1.29 is 9.18 Å². The Morgan fingerprint density at radius 2 is 2.00 bits per heavy atom. The molecule has 0 saturated carbocycles. The van der Waals surface area contributed by atoms with Crippen LogP contribution in [0.1, 0.15) is 12.5 Å². The Labute approximate surface area is 140 Å². The van der Waals surface area contributed by atoms with E-state index in [1.165, 1.54) is 12.1 Å². The van der Waals surface area contributed by atoms with Gasteiger partial charge in [0.25, 0.3) is 0 Å². The number of carbonyl (C=O) groups excluding carboxylic acids is 1. The normalized spacial score (nSPS) is 10.3. The van der Waals surface area contributed by atoms with Gasteiger partial charge in [-0.25, -0.2) is 9.18 Å². The number of hydrogen-bond donors (Lipinski definition) is 2. The van der Waals surface area contributed by atoms with Crippen LogP contribution in [0.3, 0.4) is 0 Å². The molecule has 23 heavy (non-hydrogen) atoms. The molecule has 2 amide bonds. The number of carbonyl (C=O) groups is 1. The second kappa shape index (κ2) is 7.83. The zero-order chi connectivity index (χ0) is 16.8. The van der Waals surface area contributed by atoms with Crippen molar-refractivity contribution in [3.8, 4) is 0 Å². The molecule has 0 spiro atoms. The van der Waals surface area contributed by atoms with Crippen LogP contribution in [0.2, 0.25) is 5.02 Å². The molecule has 0 aliphatic carbocycles. The number of amides is 2. The molecule has 2 rings (SSSR count). The highest BCUT2D eigenvalue weighted by Gasteiger charge is 2.09. The molecule has 0 heterocycles. The highest BCUT2D eigenvalue weighted by atomic mass is 35.5. The lowest BCUT2D eigenvalue weighted by Crippen LogP contribution is -2.29. The van der Waals surface area contributed by atoms with Crippen LogP contribution in [0, 0.1) is 5.82 Å². The van der Waals surface area contributed by atoms with Gasteiger partial charge in [0.05, 0.1) is 16.4 Å². The van der Waals surface area contributed by atoms with Gasteiger partial charge < -0.3 is 15.5 Å². The fraction of sp³-hybridized carbons (Fsp3) is 0.235. The lowest BCUT2D eigenvalue weighted by atomic mass is 10.2. The number of urea groups is 1. The van der Waals surface area contributed by atoms with Crippen LogP contribution >= 0.6 is 11.6 Å². The summed E-state index contributed by atoms with van der Waals surface area (Å²) in [5.74, 6) is -0.476. The minimum Gasteiger partial charge on any atom is -0.373 e. The summed E-state index contributed by atoms with van der Waals surface area (Å²) in [7, 11) is 1.96. The summed E-state index contributed by atoms with van der Waals surface area (Å²) in [5.41, 5.74) is 2.40. The second-order valence-corrected chi connectivity index (χ2v) is 5.49. The van der Waals surface area contributed by atoms with Gasteiger partial charge >= 0.3 is 6.03 Å². The van der Waals surface area contributed by atoms with Crippen LogP contribution in [-0.4, -0.2) is 19.6 Å². The van der Waals surface area contributed by atoms with Crippen LogP contribution in [-0.2, 0) is 6.54 Å². The first-order valence-electron chi connectivity index (χ1n) is 7.30. The highest BCUT2D eigenvalue weighted by Crippen LogP contribution is 2.24. The molecule has 0 aromatic heterocycles. The molecular formula is C17H19ClFN3O. The summed E-state index contributed by atoms with van der Waals surface area (Å²) in [4.78, 5) is 14.1. The van der Waals surface area contributed by atoms with Gasteiger partial charge in [0, 0.05) is 20.1 Å². The lowest BCUT2D eigenvalue weighted by Gasteiger charge is -2.21. The van der Waals surface area contributed by atoms with Crippen molar-refractivity contribution in [2.45, 2.75) is 13.5 Å². The van der Waals surface area contributed by atoms with Gasteiger partial charge in [-0.05, 0) is 36.8 Å². The Bertz CT molecular complexity index is 693. The predicted octanol–water partition coefficient (Wildman–Crippen LogP) is 4.26. The Morgan fingerprint density at radius 3 is 2.70 bits per heavy atom. The average Bonchev–Trinajstić information content (AvgIpc) is 2.55. The highest BCUT2D eigenvalue weighted by molar-refractivity contribution is 6.30. The molecule has 2 aromatic rings. The topological polar surface area (TPSA) is 44.4 Å². The summed E-state index contributed by atoms with van der Waals surface area (Å²) < 4.78 is 13.1. The number of hydrogen-bond acceptors (Lipinski definition) is 2. The monoisotopic (exact) mass is 335 g/mol. The number of rotatable bonds is 5. The van der Waals surface area contributed by atoms with E-state index in [9.17, 15) is 9.18 Å². The smallest absolute Gasteiger partial charge is 0.319 e. The molecule has 0 aliphatic heterocycles. The number of halogens is 2. The summed E-state index contributed by atoms with van der Waals surface area (Å²) in [6.45, 7) is 3.13. The molecule has 0 saturated heterocycles. The molecule has 2 aromatic carbocycles. The Hall–Kier alpha value is -2.27.